The van der Waals surface area contributed by atoms with E-state index in [1.54, 1.807) is 4.90 Å². The predicted molar refractivity (Wildman–Crippen MR) is 77.0 cm³/mol. The van der Waals surface area contributed by atoms with Crippen LogP contribution in [0.3, 0.4) is 0 Å². The quantitative estimate of drug-likeness (QED) is 0.748. The Balaban J connectivity index is 2.75. The van der Waals surface area contributed by atoms with Gasteiger partial charge in [-0.25, -0.2) is 13.2 Å². The molecule has 0 aliphatic carbocycles. The highest BCUT2D eigenvalue weighted by molar-refractivity contribution is 7.91. The topological polar surface area (TPSA) is 57.7 Å². The lowest BCUT2D eigenvalue weighted by atomic mass is 10.2. The molecule has 2 amide bonds. The van der Waals surface area contributed by atoms with Crippen LogP contribution in [0.25, 0.3) is 0 Å². The van der Waals surface area contributed by atoms with Crippen LogP contribution in [-0.2, 0) is 9.84 Å². The van der Waals surface area contributed by atoms with Crippen molar-refractivity contribution in [2.24, 2.45) is 0 Å². The van der Waals surface area contributed by atoms with Crippen molar-refractivity contribution in [1.82, 2.24) is 9.80 Å². The molecule has 0 radical (unpaired) electrons. The molecule has 0 aromatic heterocycles. The SMILES string of the molecule is CCCN(CCC)C(=O)N(CC)C1CCS(=O)(=O)C1. The lowest BCUT2D eigenvalue weighted by molar-refractivity contribution is 0.140. The lowest BCUT2D eigenvalue weighted by Crippen LogP contribution is -2.49. The summed E-state index contributed by atoms with van der Waals surface area (Å²) in [6, 6.07) is -0.146. The minimum absolute atomic E-state index is 0.00620. The summed E-state index contributed by atoms with van der Waals surface area (Å²) in [6.07, 6.45) is 2.42. The average molecular weight is 290 g/mol. The lowest BCUT2D eigenvalue weighted by Gasteiger charge is -2.33. The fraction of sp³-hybridized carbons (Fsp3) is 0.923. The van der Waals surface area contributed by atoms with Gasteiger partial charge in [0.15, 0.2) is 9.84 Å². The second-order valence-corrected chi connectivity index (χ2v) is 7.34. The zero-order valence-corrected chi connectivity index (χ0v) is 13.1. The molecule has 0 spiro atoms. The summed E-state index contributed by atoms with van der Waals surface area (Å²) in [6.45, 7) is 8.06. The van der Waals surface area contributed by atoms with E-state index in [-0.39, 0.29) is 23.6 Å². The predicted octanol–water partition coefficient (Wildman–Crippen LogP) is 1.74. The van der Waals surface area contributed by atoms with E-state index in [1.165, 1.54) is 0 Å². The summed E-state index contributed by atoms with van der Waals surface area (Å²) in [5.74, 6) is 0.335. The molecule has 1 heterocycles. The molecule has 0 bridgehead atoms. The van der Waals surface area contributed by atoms with Gasteiger partial charge >= 0.3 is 6.03 Å². The number of amides is 2. The van der Waals surface area contributed by atoms with Gasteiger partial charge in [0.1, 0.15) is 0 Å². The number of carbonyl (C=O) groups excluding carboxylic acids is 1. The van der Waals surface area contributed by atoms with Crippen LogP contribution >= 0.6 is 0 Å². The first-order valence-corrected chi connectivity index (χ1v) is 9.03. The van der Waals surface area contributed by atoms with E-state index in [1.807, 2.05) is 25.7 Å². The molecule has 0 aromatic rings. The van der Waals surface area contributed by atoms with Crippen LogP contribution in [0.4, 0.5) is 4.79 Å². The Labute approximate surface area is 116 Å². The van der Waals surface area contributed by atoms with Crippen LogP contribution in [0, 0.1) is 0 Å². The smallest absolute Gasteiger partial charge is 0.320 e. The van der Waals surface area contributed by atoms with Crippen molar-refractivity contribution in [2.45, 2.75) is 46.1 Å². The Morgan fingerprint density at radius 3 is 2.11 bits per heavy atom. The minimum Gasteiger partial charge on any atom is -0.325 e. The molecule has 1 saturated heterocycles. The summed E-state index contributed by atoms with van der Waals surface area (Å²) in [5, 5.41) is 0. The zero-order chi connectivity index (χ0) is 14.5. The molecular formula is C13H26N2O3S. The standard InChI is InChI=1S/C13H26N2O3S/c1-4-8-14(9-5-2)13(16)15(6-3)12-7-10-19(17,18)11-12/h12H,4-11H2,1-3H3. The van der Waals surface area contributed by atoms with Gasteiger partial charge in [-0.3, -0.25) is 0 Å². The number of urea groups is 1. The Kier molecular flexibility index (Phi) is 6.10. The van der Waals surface area contributed by atoms with Gasteiger partial charge in [-0.15, -0.1) is 0 Å². The van der Waals surface area contributed by atoms with E-state index >= 15 is 0 Å². The van der Waals surface area contributed by atoms with Gasteiger partial charge in [0.05, 0.1) is 11.5 Å². The van der Waals surface area contributed by atoms with Crippen molar-refractivity contribution in [1.29, 1.82) is 0 Å². The first kappa shape index (κ1) is 16.3. The first-order valence-electron chi connectivity index (χ1n) is 7.21. The fourth-order valence-corrected chi connectivity index (χ4v) is 4.33. The highest BCUT2D eigenvalue weighted by Gasteiger charge is 2.35. The Morgan fingerprint density at radius 1 is 1.16 bits per heavy atom. The number of carbonyl (C=O) groups is 1. The number of hydrogen-bond donors (Lipinski definition) is 0. The Bertz CT molecular complexity index is 389. The molecule has 1 atom stereocenters. The van der Waals surface area contributed by atoms with Crippen LogP contribution in [0.15, 0.2) is 0 Å². The van der Waals surface area contributed by atoms with Gasteiger partial charge in [0.25, 0.3) is 0 Å². The Morgan fingerprint density at radius 2 is 1.74 bits per heavy atom. The van der Waals surface area contributed by atoms with Gasteiger partial charge < -0.3 is 9.80 Å². The number of hydrogen-bond acceptors (Lipinski definition) is 3. The van der Waals surface area contributed by atoms with Crippen LogP contribution in [-0.4, -0.2) is 61.4 Å². The first-order chi connectivity index (χ1) is 8.95. The number of sulfone groups is 1. The summed E-state index contributed by atoms with van der Waals surface area (Å²) < 4.78 is 23.1. The van der Waals surface area contributed by atoms with Crippen LogP contribution < -0.4 is 0 Å². The molecule has 19 heavy (non-hydrogen) atoms. The molecule has 1 rings (SSSR count). The zero-order valence-electron chi connectivity index (χ0n) is 12.3. The van der Waals surface area contributed by atoms with Crippen LogP contribution in [0.5, 0.6) is 0 Å². The van der Waals surface area contributed by atoms with Gasteiger partial charge in [-0.05, 0) is 26.2 Å². The summed E-state index contributed by atoms with van der Waals surface area (Å²) in [7, 11) is -2.95. The van der Waals surface area contributed by atoms with Gasteiger partial charge in [-0.2, -0.15) is 0 Å². The summed E-state index contributed by atoms with van der Waals surface area (Å²) in [5.41, 5.74) is 0. The maximum absolute atomic E-state index is 12.5. The third-order valence-corrected chi connectivity index (χ3v) is 5.24. The van der Waals surface area contributed by atoms with E-state index in [0.717, 1.165) is 25.9 Å². The molecule has 0 saturated carbocycles. The van der Waals surface area contributed by atoms with E-state index < -0.39 is 9.84 Å². The fourth-order valence-electron chi connectivity index (χ4n) is 2.60. The van der Waals surface area contributed by atoms with Gasteiger partial charge in [0, 0.05) is 25.7 Å². The Hall–Kier alpha value is -0.780. The molecule has 5 nitrogen and oxygen atoms in total. The monoisotopic (exact) mass is 290 g/mol. The summed E-state index contributed by atoms with van der Waals surface area (Å²) >= 11 is 0. The molecule has 0 N–H and O–H groups in total. The van der Waals surface area contributed by atoms with Crippen molar-refractivity contribution >= 4 is 15.9 Å². The number of rotatable bonds is 6. The highest BCUT2D eigenvalue weighted by atomic mass is 32.2. The summed E-state index contributed by atoms with van der Waals surface area (Å²) in [4.78, 5) is 16.1. The van der Waals surface area contributed by atoms with Crippen molar-refractivity contribution in [3.63, 3.8) is 0 Å². The van der Waals surface area contributed by atoms with Crippen molar-refractivity contribution in [2.75, 3.05) is 31.1 Å². The van der Waals surface area contributed by atoms with Crippen molar-refractivity contribution in [3.05, 3.63) is 0 Å². The van der Waals surface area contributed by atoms with E-state index in [2.05, 4.69) is 0 Å². The van der Waals surface area contributed by atoms with Crippen LogP contribution in [0.2, 0.25) is 0 Å². The van der Waals surface area contributed by atoms with Crippen molar-refractivity contribution in [3.8, 4) is 0 Å². The maximum atomic E-state index is 12.5. The third-order valence-electron chi connectivity index (χ3n) is 3.49. The molecular weight excluding hydrogens is 264 g/mol. The number of nitrogens with zero attached hydrogens (tertiary/aromatic N) is 2. The molecule has 112 valence electrons. The second-order valence-electron chi connectivity index (χ2n) is 5.11. The largest absolute Gasteiger partial charge is 0.325 e. The molecule has 0 aromatic carbocycles. The second kappa shape index (κ2) is 7.12. The van der Waals surface area contributed by atoms with E-state index in [4.69, 9.17) is 0 Å². The van der Waals surface area contributed by atoms with Crippen LogP contribution in [0.1, 0.15) is 40.0 Å². The van der Waals surface area contributed by atoms with Gasteiger partial charge in [0.2, 0.25) is 0 Å². The minimum atomic E-state index is -2.95. The molecule has 1 aliphatic heterocycles. The third kappa shape index (κ3) is 4.37. The molecule has 6 heteroatoms. The molecule has 1 unspecified atom stereocenters. The van der Waals surface area contributed by atoms with E-state index in [9.17, 15) is 13.2 Å². The normalized spacial score (nSPS) is 21.3. The van der Waals surface area contributed by atoms with Gasteiger partial charge in [-0.1, -0.05) is 13.8 Å². The maximum Gasteiger partial charge on any atom is 0.320 e. The van der Waals surface area contributed by atoms with E-state index in [0.29, 0.717) is 13.0 Å². The molecule has 1 aliphatic rings. The van der Waals surface area contributed by atoms with Crippen molar-refractivity contribution < 1.29 is 13.2 Å². The highest BCUT2D eigenvalue weighted by Crippen LogP contribution is 2.19. The molecule has 1 fully saturated rings. The average Bonchev–Trinajstić information content (AvgIpc) is 2.70.